The van der Waals surface area contributed by atoms with Crippen molar-refractivity contribution in [3.05, 3.63) is 47.5 Å². The highest BCUT2D eigenvalue weighted by Gasteiger charge is 2.20. The van der Waals surface area contributed by atoms with Crippen LogP contribution in [0.15, 0.2) is 30.5 Å². The number of aromatic nitrogens is 2. The number of imidazole rings is 1. The molecule has 2 N–H and O–H groups in total. The summed E-state index contributed by atoms with van der Waals surface area (Å²) in [7, 11) is 0. The maximum atomic E-state index is 9.86. The molecule has 1 aliphatic rings. The molecule has 1 unspecified atom stereocenters. The summed E-state index contributed by atoms with van der Waals surface area (Å²) in [5, 5.41) is 19.3. The molecule has 0 fully saturated rings. The molecule has 1 atom stereocenters. The van der Waals surface area contributed by atoms with Crippen molar-refractivity contribution in [3.63, 3.8) is 0 Å². The number of rotatable bonds is 2. The van der Waals surface area contributed by atoms with Crippen molar-refractivity contribution in [2.24, 2.45) is 0 Å². The summed E-state index contributed by atoms with van der Waals surface area (Å²) in [6.07, 6.45) is 4.04. The van der Waals surface area contributed by atoms with Gasteiger partial charge in [0.1, 0.15) is 17.7 Å². The number of aliphatic hydroxyl groups excluding tert-OH is 1. The Labute approximate surface area is 106 Å². The van der Waals surface area contributed by atoms with E-state index in [1.165, 1.54) is 0 Å². The first kappa shape index (κ1) is 11.3. The molecule has 18 heavy (non-hydrogen) atoms. The predicted octanol–water partition coefficient (Wildman–Crippen LogP) is 2.01. The SMILES string of the molecule is Oc1cccc(Cc2cn3c(n2)C(O)CCC3)c1. The van der Waals surface area contributed by atoms with Crippen LogP contribution in [0.1, 0.15) is 36.0 Å². The second-order valence-electron chi connectivity index (χ2n) is 4.79. The van der Waals surface area contributed by atoms with Crippen LogP contribution in [0.2, 0.25) is 0 Å². The molecular weight excluding hydrogens is 228 g/mol. The van der Waals surface area contributed by atoms with Gasteiger partial charge in [0.05, 0.1) is 5.69 Å². The summed E-state index contributed by atoms with van der Waals surface area (Å²) in [5.74, 6) is 1.05. The summed E-state index contributed by atoms with van der Waals surface area (Å²) >= 11 is 0. The van der Waals surface area contributed by atoms with E-state index < -0.39 is 6.10 Å². The third-order valence-corrected chi connectivity index (χ3v) is 3.33. The Bertz CT molecular complexity index is 563. The Morgan fingerprint density at radius 3 is 3.06 bits per heavy atom. The highest BCUT2D eigenvalue weighted by Crippen LogP contribution is 2.25. The number of benzene rings is 1. The molecule has 94 valence electrons. The van der Waals surface area contributed by atoms with Crippen LogP contribution >= 0.6 is 0 Å². The van der Waals surface area contributed by atoms with Gasteiger partial charge in [0.15, 0.2) is 0 Å². The summed E-state index contributed by atoms with van der Waals surface area (Å²) in [6.45, 7) is 0.930. The van der Waals surface area contributed by atoms with E-state index in [9.17, 15) is 10.2 Å². The lowest BCUT2D eigenvalue weighted by atomic mass is 10.1. The molecule has 0 amide bonds. The first-order valence-corrected chi connectivity index (χ1v) is 6.24. The van der Waals surface area contributed by atoms with Crippen LogP contribution in [0, 0.1) is 0 Å². The number of hydrogen-bond donors (Lipinski definition) is 2. The van der Waals surface area contributed by atoms with Gasteiger partial charge < -0.3 is 14.8 Å². The molecule has 4 heteroatoms. The van der Waals surface area contributed by atoms with Gasteiger partial charge in [-0.15, -0.1) is 0 Å². The summed E-state index contributed by atoms with van der Waals surface area (Å²) in [4.78, 5) is 4.49. The predicted molar refractivity (Wildman–Crippen MR) is 67.3 cm³/mol. The van der Waals surface area contributed by atoms with Gasteiger partial charge in [-0.25, -0.2) is 4.98 Å². The Kier molecular flexibility index (Phi) is 2.80. The number of nitrogens with zero attached hydrogens (tertiary/aromatic N) is 2. The maximum Gasteiger partial charge on any atom is 0.137 e. The first-order chi connectivity index (χ1) is 8.72. The van der Waals surface area contributed by atoms with Crippen LogP contribution < -0.4 is 0 Å². The van der Waals surface area contributed by atoms with Gasteiger partial charge in [0, 0.05) is 19.2 Å². The second kappa shape index (κ2) is 4.46. The molecule has 4 nitrogen and oxygen atoms in total. The molecule has 2 aromatic rings. The van der Waals surface area contributed by atoms with Crippen LogP contribution in [-0.4, -0.2) is 19.8 Å². The van der Waals surface area contributed by atoms with Crippen molar-refractivity contribution in [3.8, 4) is 5.75 Å². The van der Waals surface area contributed by atoms with Gasteiger partial charge in [-0.3, -0.25) is 0 Å². The zero-order chi connectivity index (χ0) is 12.5. The molecule has 0 bridgehead atoms. The smallest absolute Gasteiger partial charge is 0.137 e. The Hall–Kier alpha value is -1.81. The minimum Gasteiger partial charge on any atom is -0.508 e. The van der Waals surface area contributed by atoms with Crippen LogP contribution in [0.3, 0.4) is 0 Å². The molecule has 0 aliphatic carbocycles. The fourth-order valence-electron chi connectivity index (χ4n) is 2.48. The van der Waals surface area contributed by atoms with E-state index in [4.69, 9.17) is 0 Å². The zero-order valence-corrected chi connectivity index (χ0v) is 10.1. The number of fused-ring (bicyclic) bond motifs is 1. The van der Waals surface area contributed by atoms with Crippen LogP contribution in [0.25, 0.3) is 0 Å². The number of phenolic OH excluding ortho intramolecular Hbond substituents is 1. The third-order valence-electron chi connectivity index (χ3n) is 3.33. The standard InChI is InChI=1S/C14H16N2O2/c17-12-4-1-3-10(8-12)7-11-9-16-6-2-5-13(18)14(16)15-11/h1,3-4,8-9,13,17-18H,2,5-7H2. The molecular formula is C14H16N2O2. The maximum absolute atomic E-state index is 9.86. The average Bonchev–Trinajstić information content (AvgIpc) is 2.73. The normalized spacial score (nSPS) is 18.6. The van der Waals surface area contributed by atoms with Crippen molar-refractivity contribution in [2.45, 2.75) is 31.9 Å². The van der Waals surface area contributed by atoms with Gasteiger partial charge in [0.2, 0.25) is 0 Å². The molecule has 1 aromatic heterocycles. The fourth-order valence-corrected chi connectivity index (χ4v) is 2.48. The topological polar surface area (TPSA) is 58.3 Å². The Balaban J connectivity index is 1.85. The van der Waals surface area contributed by atoms with Crippen molar-refractivity contribution in [1.29, 1.82) is 0 Å². The minimum atomic E-state index is -0.434. The molecule has 2 heterocycles. The van der Waals surface area contributed by atoms with E-state index >= 15 is 0 Å². The highest BCUT2D eigenvalue weighted by molar-refractivity contribution is 5.30. The Morgan fingerprint density at radius 2 is 2.28 bits per heavy atom. The number of aryl methyl sites for hydroxylation is 1. The number of hydrogen-bond acceptors (Lipinski definition) is 3. The third kappa shape index (κ3) is 2.11. The van der Waals surface area contributed by atoms with E-state index in [0.717, 1.165) is 36.5 Å². The quantitative estimate of drug-likeness (QED) is 0.849. The van der Waals surface area contributed by atoms with Gasteiger partial charge in [0.25, 0.3) is 0 Å². The summed E-state index contributed by atoms with van der Waals surface area (Å²) in [5.41, 5.74) is 1.97. The average molecular weight is 244 g/mol. The zero-order valence-electron chi connectivity index (χ0n) is 10.1. The number of aromatic hydroxyl groups is 1. The van der Waals surface area contributed by atoms with Crippen LogP contribution in [0.4, 0.5) is 0 Å². The lowest BCUT2D eigenvalue weighted by molar-refractivity contribution is 0.133. The van der Waals surface area contributed by atoms with Gasteiger partial charge >= 0.3 is 0 Å². The van der Waals surface area contributed by atoms with Gasteiger partial charge in [-0.2, -0.15) is 0 Å². The number of phenols is 1. The monoisotopic (exact) mass is 244 g/mol. The van der Waals surface area contributed by atoms with Gasteiger partial charge in [-0.05, 0) is 30.5 Å². The van der Waals surface area contributed by atoms with Crippen LogP contribution in [0.5, 0.6) is 5.75 Å². The van der Waals surface area contributed by atoms with E-state index in [0.29, 0.717) is 6.42 Å². The Morgan fingerprint density at radius 1 is 1.39 bits per heavy atom. The van der Waals surface area contributed by atoms with Crippen molar-refractivity contribution < 1.29 is 10.2 Å². The molecule has 0 saturated heterocycles. The summed E-state index contributed by atoms with van der Waals surface area (Å²) < 4.78 is 2.03. The molecule has 1 aliphatic heterocycles. The van der Waals surface area contributed by atoms with E-state index in [2.05, 4.69) is 4.98 Å². The lowest BCUT2D eigenvalue weighted by Crippen LogP contribution is -2.14. The second-order valence-corrected chi connectivity index (χ2v) is 4.79. The van der Waals surface area contributed by atoms with E-state index in [-0.39, 0.29) is 5.75 Å². The lowest BCUT2D eigenvalue weighted by Gasteiger charge is -2.18. The minimum absolute atomic E-state index is 0.275. The van der Waals surface area contributed by atoms with E-state index in [1.807, 2.05) is 22.9 Å². The first-order valence-electron chi connectivity index (χ1n) is 6.24. The molecule has 0 saturated carbocycles. The van der Waals surface area contributed by atoms with Crippen molar-refractivity contribution in [1.82, 2.24) is 9.55 Å². The largest absolute Gasteiger partial charge is 0.508 e. The molecule has 0 spiro atoms. The summed E-state index contributed by atoms with van der Waals surface area (Å²) in [6, 6.07) is 7.20. The molecule has 3 rings (SSSR count). The van der Waals surface area contributed by atoms with Crippen molar-refractivity contribution in [2.75, 3.05) is 0 Å². The van der Waals surface area contributed by atoms with Crippen LogP contribution in [-0.2, 0) is 13.0 Å². The fraction of sp³-hybridized carbons (Fsp3) is 0.357. The number of aliphatic hydroxyl groups is 1. The van der Waals surface area contributed by atoms with E-state index in [1.54, 1.807) is 12.1 Å². The highest BCUT2D eigenvalue weighted by atomic mass is 16.3. The van der Waals surface area contributed by atoms with Crippen molar-refractivity contribution >= 4 is 0 Å². The molecule has 1 aromatic carbocycles. The van der Waals surface area contributed by atoms with Gasteiger partial charge in [-0.1, -0.05) is 12.1 Å². The molecule has 0 radical (unpaired) electrons.